The second-order valence-electron chi connectivity index (χ2n) is 4.17. The molecule has 2 nitrogen and oxygen atoms in total. The molecule has 0 spiro atoms. The normalized spacial score (nSPS) is 24.4. The molecule has 1 heterocycles. The fraction of sp³-hybridized carbons (Fsp3) is 0.417. The van der Waals surface area contributed by atoms with E-state index in [4.69, 9.17) is 11.6 Å². The predicted molar refractivity (Wildman–Crippen MR) is 73.6 cm³/mol. The van der Waals surface area contributed by atoms with Gasteiger partial charge in [-0.3, -0.25) is 4.99 Å². The summed E-state index contributed by atoms with van der Waals surface area (Å²) in [5.74, 6) is -0.355. The molecule has 17 heavy (non-hydrogen) atoms. The van der Waals surface area contributed by atoms with Gasteiger partial charge in [-0.2, -0.15) is 0 Å². The summed E-state index contributed by atoms with van der Waals surface area (Å²) in [7, 11) is 0. The molecular formula is C12H14ClFN2S. The van der Waals surface area contributed by atoms with Gasteiger partial charge in [-0.05, 0) is 25.5 Å². The first kappa shape index (κ1) is 12.7. The zero-order chi connectivity index (χ0) is 12.4. The Morgan fingerprint density at radius 3 is 2.88 bits per heavy atom. The van der Waals surface area contributed by atoms with E-state index in [1.165, 1.54) is 6.07 Å². The van der Waals surface area contributed by atoms with Crippen LogP contribution in [-0.2, 0) is 0 Å². The molecule has 0 aliphatic carbocycles. The molecule has 1 aromatic rings. The number of halogens is 2. The highest BCUT2D eigenvalue weighted by Crippen LogP contribution is 2.30. The van der Waals surface area contributed by atoms with Gasteiger partial charge in [-0.15, -0.1) is 0 Å². The van der Waals surface area contributed by atoms with Crippen molar-refractivity contribution in [2.45, 2.75) is 31.6 Å². The van der Waals surface area contributed by atoms with Crippen LogP contribution in [0.1, 0.15) is 20.3 Å². The molecule has 5 heteroatoms. The van der Waals surface area contributed by atoms with Crippen molar-refractivity contribution in [3.8, 4) is 0 Å². The van der Waals surface area contributed by atoms with Gasteiger partial charge < -0.3 is 5.32 Å². The van der Waals surface area contributed by atoms with Crippen LogP contribution in [0.15, 0.2) is 23.2 Å². The largest absolute Gasteiger partial charge is 0.331 e. The Hall–Kier alpha value is -0.740. The summed E-state index contributed by atoms with van der Waals surface area (Å²) in [5.41, 5.74) is 0.307. The maximum atomic E-state index is 13.6. The summed E-state index contributed by atoms with van der Waals surface area (Å²) >= 11 is 7.57. The Morgan fingerprint density at radius 1 is 1.47 bits per heavy atom. The van der Waals surface area contributed by atoms with E-state index in [1.807, 2.05) is 0 Å². The minimum absolute atomic E-state index is 0.263. The van der Waals surface area contributed by atoms with Crippen molar-refractivity contribution < 1.29 is 4.39 Å². The predicted octanol–water partition coefficient (Wildman–Crippen LogP) is 4.16. The fourth-order valence-corrected chi connectivity index (χ4v) is 3.16. The van der Waals surface area contributed by atoms with Gasteiger partial charge in [0, 0.05) is 5.25 Å². The molecule has 0 aromatic heterocycles. The summed E-state index contributed by atoms with van der Waals surface area (Å²) in [6, 6.07) is 4.90. The number of thioether (sulfide) groups is 1. The van der Waals surface area contributed by atoms with Crippen LogP contribution in [0, 0.1) is 5.82 Å². The third kappa shape index (κ3) is 3.13. The summed E-state index contributed by atoms with van der Waals surface area (Å²) in [6.07, 6.45) is 1.04. The van der Waals surface area contributed by atoms with Crippen LogP contribution in [0.3, 0.4) is 0 Å². The highest BCUT2D eigenvalue weighted by atomic mass is 35.5. The number of hydrogen-bond donors (Lipinski definition) is 1. The summed E-state index contributed by atoms with van der Waals surface area (Å²) in [6.45, 7) is 4.20. The fourth-order valence-electron chi connectivity index (χ4n) is 1.79. The monoisotopic (exact) mass is 272 g/mol. The van der Waals surface area contributed by atoms with Crippen molar-refractivity contribution in [3.63, 3.8) is 0 Å². The van der Waals surface area contributed by atoms with E-state index in [0.717, 1.165) is 11.6 Å². The minimum atomic E-state index is -0.355. The van der Waals surface area contributed by atoms with E-state index in [0.29, 0.717) is 16.0 Å². The molecule has 0 radical (unpaired) electrons. The van der Waals surface area contributed by atoms with Crippen LogP contribution in [0.4, 0.5) is 10.1 Å². The molecule has 0 bridgehead atoms. The number of rotatable bonds is 1. The lowest BCUT2D eigenvalue weighted by atomic mass is 10.2. The van der Waals surface area contributed by atoms with Crippen molar-refractivity contribution in [2.24, 2.45) is 4.99 Å². The first-order chi connectivity index (χ1) is 8.06. The number of anilines is 1. The van der Waals surface area contributed by atoms with Crippen molar-refractivity contribution in [3.05, 3.63) is 29.0 Å². The van der Waals surface area contributed by atoms with E-state index in [9.17, 15) is 4.39 Å². The van der Waals surface area contributed by atoms with Gasteiger partial charge in [0.05, 0.1) is 16.8 Å². The molecule has 0 saturated heterocycles. The lowest BCUT2D eigenvalue weighted by Gasteiger charge is -2.23. The van der Waals surface area contributed by atoms with Crippen LogP contribution >= 0.6 is 23.4 Å². The Bertz CT molecular complexity index is 430. The molecule has 1 N–H and O–H groups in total. The topological polar surface area (TPSA) is 24.4 Å². The molecule has 2 atom stereocenters. The quantitative estimate of drug-likeness (QED) is 0.830. The number of amidine groups is 1. The van der Waals surface area contributed by atoms with Crippen LogP contribution < -0.4 is 5.32 Å². The lowest BCUT2D eigenvalue weighted by Crippen LogP contribution is -2.23. The highest BCUT2D eigenvalue weighted by Gasteiger charge is 2.19. The van der Waals surface area contributed by atoms with Gasteiger partial charge in [0.15, 0.2) is 5.17 Å². The second kappa shape index (κ2) is 5.27. The van der Waals surface area contributed by atoms with Gasteiger partial charge in [-0.1, -0.05) is 36.4 Å². The number of aliphatic imine (C=N–C) groups is 1. The van der Waals surface area contributed by atoms with Crippen LogP contribution in [0.5, 0.6) is 0 Å². The van der Waals surface area contributed by atoms with Gasteiger partial charge in [-0.25, -0.2) is 4.39 Å². The maximum Gasteiger partial charge on any atom is 0.161 e. The molecule has 0 fully saturated rings. The van der Waals surface area contributed by atoms with Crippen LogP contribution in [0.25, 0.3) is 0 Å². The van der Waals surface area contributed by atoms with Crippen molar-refractivity contribution in [2.75, 3.05) is 5.32 Å². The van der Waals surface area contributed by atoms with Gasteiger partial charge in [0.2, 0.25) is 0 Å². The zero-order valence-corrected chi connectivity index (χ0v) is 11.3. The van der Waals surface area contributed by atoms with Crippen molar-refractivity contribution in [1.29, 1.82) is 0 Å². The molecular weight excluding hydrogens is 259 g/mol. The number of nitrogens with zero attached hydrogens (tertiary/aromatic N) is 1. The highest BCUT2D eigenvalue weighted by molar-refractivity contribution is 8.14. The summed E-state index contributed by atoms with van der Waals surface area (Å²) in [5, 5.41) is 4.58. The average molecular weight is 273 g/mol. The third-order valence-electron chi connectivity index (χ3n) is 2.52. The molecule has 1 aliphatic rings. The Morgan fingerprint density at radius 2 is 2.24 bits per heavy atom. The smallest absolute Gasteiger partial charge is 0.161 e. The number of benzene rings is 1. The Labute approximate surface area is 110 Å². The molecule has 0 amide bonds. The van der Waals surface area contributed by atoms with E-state index in [2.05, 4.69) is 24.2 Å². The number of para-hydroxylation sites is 1. The van der Waals surface area contributed by atoms with Gasteiger partial charge in [0.1, 0.15) is 5.82 Å². The van der Waals surface area contributed by atoms with Gasteiger partial charge in [0.25, 0.3) is 0 Å². The molecule has 2 rings (SSSR count). The van der Waals surface area contributed by atoms with E-state index >= 15 is 0 Å². The lowest BCUT2D eigenvalue weighted by molar-refractivity contribution is 0.631. The first-order valence-electron chi connectivity index (χ1n) is 5.51. The minimum Gasteiger partial charge on any atom is -0.331 e. The van der Waals surface area contributed by atoms with E-state index in [1.54, 1.807) is 23.9 Å². The molecule has 92 valence electrons. The molecule has 0 saturated carbocycles. The standard InChI is InChI=1S/C12H14ClFN2S/c1-7-6-8(2)17-12(15-7)16-11-9(13)4-3-5-10(11)14/h3-5,7-8H,6H2,1-2H3,(H,15,16). The van der Waals surface area contributed by atoms with E-state index < -0.39 is 0 Å². The second-order valence-corrected chi connectivity index (χ2v) is 6.00. The number of hydrogen-bond acceptors (Lipinski definition) is 3. The Balaban J connectivity index is 2.21. The van der Waals surface area contributed by atoms with Crippen molar-refractivity contribution in [1.82, 2.24) is 0 Å². The maximum absolute atomic E-state index is 13.6. The molecule has 2 unspecified atom stereocenters. The SMILES string of the molecule is CC1CC(C)SC(Nc2c(F)cccc2Cl)=N1. The summed E-state index contributed by atoms with van der Waals surface area (Å²) < 4.78 is 13.6. The van der Waals surface area contributed by atoms with Crippen molar-refractivity contribution >= 4 is 34.2 Å². The number of nitrogens with one attached hydrogen (secondary N) is 1. The first-order valence-corrected chi connectivity index (χ1v) is 6.77. The molecule has 1 aromatic carbocycles. The van der Waals surface area contributed by atoms with Gasteiger partial charge >= 0.3 is 0 Å². The molecule has 1 aliphatic heterocycles. The third-order valence-corrected chi connectivity index (χ3v) is 3.86. The Kier molecular flexibility index (Phi) is 3.94. The van der Waals surface area contributed by atoms with Crippen LogP contribution in [-0.4, -0.2) is 16.5 Å². The summed E-state index contributed by atoms with van der Waals surface area (Å²) in [4.78, 5) is 4.45. The van der Waals surface area contributed by atoms with E-state index in [-0.39, 0.29) is 11.9 Å². The average Bonchev–Trinajstić information content (AvgIpc) is 2.22. The van der Waals surface area contributed by atoms with Crippen LogP contribution in [0.2, 0.25) is 5.02 Å². The zero-order valence-electron chi connectivity index (χ0n) is 9.71.